The molecule has 0 spiro atoms. The molecule has 0 aliphatic carbocycles. The Kier molecular flexibility index (Phi) is 3.60. The van der Waals surface area contributed by atoms with E-state index >= 15 is 0 Å². The molecule has 0 unspecified atom stereocenters. The number of benzene rings is 2. The predicted molar refractivity (Wildman–Crippen MR) is 92.4 cm³/mol. The summed E-state index contributed by atoms with van der Waals surface area (Å²) in [4.78, 5) is 30.5. The summed E-state index contributed by atoms with van der Waals surface area (Å²) in [6.07, 6.45) is 0. The van der Waals surface area contributed by atoms with Crippen molar-refractivity contribution in [3.8, 4) is 11.4 Å². The Bertz CT molecular complexity index is 1000. The van der Waals surface area contributed by atoms with Gasteiger partial charge in [0.1, 0.15) is 5.82 Å². The van der Waals surface area contributed by atoms with Crippen LogP contribution >= 0.6 is 0 Å². The smallest absolute Gasteiger partial charge is 0.335 e. The minimum absolute atomic E-state index is 0.0824. The summed E-state index contributed by atoms with van der Waals surface area (Å²) in [6.45, 7) is 5.23. The third kappa shape index (κ3) is 2.42. The monoisotopic (exact) mass is 323 g/mol. The molecule has 6 heteroatoms. The molecule has 24 heavy (non-hydrogen) atoms. The molecule has 0 saturated carbocycles. The molecule has 0 radical (unpaired) electrons. The van der Waals surface area contributed by atoms with E-state index in [9.17, 15) is 9.59 Å². The molecule has 0 atom stereocenters. The molecule has 0 fully saturated rings. The first-order valence-electron chi connectivity index (χ1n) is 7.43. The number of carboxylic acid groups (broad SMARTS) is 1. The number of hydrogen-bond donors (Lipinski definition) is 3. The quantitative estimate of drug-likeness (QED) is 0.506. The van der Waals surface area contributed by atoms with E-state index in [1.165, 1.54) is 13.0 Å². The number of nitrogens with two attached hydrogens (primary N) is 1. The number of nitrogens with one attached hydrogen (secondary N) is 1. The molecule has 0 amide bonds. The van der Waals surface area contributed by atoms with E-state index in [0.29, 0.717) is 28.1 Å². The molecule has 4 N–H and O–H groups in total. The lowest BCUT2D eigenvalue weighted by Gasteiger charge is -2.13. The summed E-state index contributed by atoms with van der Waals surface area (Å²) in [5.74, 6) is -0.472. The number of carbonyl (C=O) groups is 2. The van der Waals surface area contributed by atoms with Crippen LogP contribution in [0.3, 0.4) is 0 Å². The van der Waals surface area contributed by atoms with Gasteiger partial charge in [0.2, 0.25) is 0 Å². The summed E-state index contributed by atoms with van der Waals surface area (Å²) >= 11 is 0. The topological polar surface area (TPSA) is 109 Å². The number of imidazole rings is 1. The van der Waals surface area contributed by atoms with Crippen molar-refractivity contribution < 1.29 is 14.7 Å². The number of hydrogen-bond acceptors (Lipinski definition) is 4. The van der Waals surface area contributed by atoms with Gasteiger partial charge in [0, 0.05) is 16.8 Å². The fourth-order valence-corrected chi connectivity index (χ4v) is 2.92. The summed E-state index contributed by atoms with van der Waals surface area (Å²) in [5.41, 5.74) is 11.0. The van der Waals surface area contributed by atoms with Crippen LogP contribution in [0.2, 0.25) is 0 Å². The van der Waals surface area contributed by atoms with Crippen molar-refractivity contribution in [2.75, 3.05) is 5.73 Å². The number of carbonyl (C=O) groups excluding carboxylic acids is 1. The highest BCUT2D eigenvalue weighted by Gasteiger charge is 2.18. The van der Waals surface area contributed by atoms with Crippen LogP contribution in [0.5, 0.6) is 0 Å². The van der Waals surface area contributed by atoms with Gasteiger partial charge >= 0.3 is 5.97 Å². The van der Waals surface area contributed by atoms with Gasteiger partial charge in [-0.1, -0.05) is 0 Å². The van der Waals surface area contributed by atoms with E-state index in [2.05, 4.69) is 9.97 Å². The van der Waals surface area contributed by atoms with Crippen LogP contribution in [-0.2, 0) is 0 Å². The molecule has 0 aliphatic rings. The van der Waals surface area contributed by atoms with E-state index in [0.717, 1.165) is 16.7 Å². The number of fused-ring (bicyclic) bond motifs is 1. The molecular formula is C18H17N3O3. The number of nitrogens with zero attached hydrogens (tertiary/aromatic N) is 1. The number of aromatic amines is 1. The third-order valence-corrected chi connectivity index (χ3v) is 4.17. The maximum absolute atomic E-state index is 11.7. The van der Waals surface area contributed by atoms with Crippen LogP contribution < -0.4 is 5.73 Å². The van der Waals surface area contributed by atoms with Crippen molar-refractivity contribution in [2.24, 2.45) is 0 Å². The number of nitrogen functional groups attached to an aromatic ring is 1. The molecular weight excluding hydrogens is 306 g/mol. The van der Waals surface area contributed by atoms with Crippen LogP contribution in [-0.4, -0.2) is 26.8 Å². The highest BCUT2D eigenvalue weighted by atomic mass is 16.4. The maximum Gasteiger partial charge on any atom is 0.335 e. The minimum atomic E-state index is -0.990. The number of aromatic nitrogens is 2. The molecule has 2 aromatic carbocycles. The largest absolute Gasteiger partial charge is 0.478 e. The summed E-state index contributed by atoms with van der Waals surface area (Å²) in [7, 11) is 0. The highest BCUT2D eigenvalue weighted by Crippen LogP contribution is 2.33. The van der Waals surface area contributed by atoms with Crippen molar-refractivity contribution in [3.63, 3.8) is 0 Å². The Morgan fingerprint density at radius 1 is 1.21 bits per heavy atom. The van der Waals surface area contributed by atoms with Crippen LogP contribution in [0.25, 0.3) is 22.4 Å². The van der Waals surface area contributed by atoms with E-state index in [-0.39, 0.29) is 11.3 Å². The number of Topliss-reactive ketones (excluding diaryl/α,β-unsaturated/α-hetero) is 1. The van der Waals surface area contributed by atoms with Gasteiger partial charge in [0.15, 0.2) is 5.78 Å². The van der Waals surface area contributed by atoms with E-state index in [4.69, 9.17) is 10.8 Å². The maximum atomic E-state index is 11.7. The fourth-order valence-electron chi connectivity index (χ4n) is 2.92. The number of anilines is 1. The van der Waals surface area contributed by atoms with Crippen molar-refractivity contribution in [2.45, 2.75) is 20.8 Å². The highest BCUT2D eigenvalue weighted by molar-refractivity contribution is 6.01. The van der Waals surface area contributed by atoms with Crippen molar-refractivity contribution in [3.05, 3.63) is 46.5 Å². The second kappa shape index (κ2) is 5.49. The number of carboxylic acids is 1. The second-order valence-corrected chi connectivity index (χ2v) is 5.83. The number of aryl methyl sites for hydroxylation is 1. The molecule has 3 rings (SSSR count). The van der Waals surface area contributed by atoms with Crippen molar-refractivity contribution >= 4 is 28.5 Å². The number of ketones is 1. The standard InChI is InChI=1S/C18H17N3O3/c1-8-6-12(10(3)22)16(19)9(2)15(8)17-20-13-5-4-11(18(23)24)7-14(13)21-17/h4-7H,19H2,1-3H3,(H,20,21)(H,23,24). The van der Waals surface area contributed by atoms with Gasteiger partial charge in [-0.25, -0.2) is 9.78 Å². The molecule has 122 valence electrons. The molecule has 3 aromatic rings. The Morgan fingerprint density at radius 3 is 2.54 bits per heavy atom. The van der Waals surface area contributed by atoms with Gasteiger partial charge in [-0.3, -0.25) is 4.79 Å². The lowest BCUT2D eigenvalue weighted by molar-refractivity contribution is 0.0696. The number of H-pyrrole nitrogens is 1. The van der Waals surface area contributed by atoms with E-state index in [1.54, 1.807) is 18.2 Å². The first kappa shape index (κ1) is 15.7. The molecule has 0 bridgehead atoms. The van der Waals surface area contributed by atoms with Crippen LogP contribution in [0.15, 0.2) is 24.3 Å². The first-order chi connectivity index (χ1) is 11.3. The summed E-state index contributed by atoms with van der Waals surface area (Å²) in [6, 6.07) is 6.49. The zero-order chi connectivity index (χ0) is 17.6. The average Bonchev–Trinajstić information content (AvgIpc) is 2.93. The summed E-state index contributed by atoms with van der Waals surface area (Å²) < 4.78 is 0. The van der Waals surface area contributed by atoms with E-state index < -0.39 is 5.97 Å². The van der Waals surface area contributed by atoms with Gasteiger partial charge in [-0.2, -0.15) is 0 Å². The average molecular weight is 323 g/mol. The Hall–Kier alpha value is -3.15. The molecule has 1 heterocycles. The zero-order valence-electron chi connectivity index (χ0n) is 13.6. The molecule has 1 aromatic heterocycles. The zero-order valence-corrected chi connectivity index (χ0v) is 13.6. The normalized spacial score (nSPS) is 11.0. The van der Waals surface area contributed by atoms with Crippen molar-refractivity contribution in [1.82, 2.24) is 9.97 Å². The van der Waals surface area contributed by atoms with Crippen LogP contribution in [0.1, 0.15) is 38.8 Å². The number of aromatic carboxylic acids is 1. The minimum Gasteiger partial charge on any atom is -0.478 e. The lowest BCUT2D eigenvalue weighted by atomic mass is 9.95. The predicted octanol–water partition coefficient (Wildman–Crippen LogP) is 3.33. The Labute approximate surface area is 138 Å². The molecule has 0 aliphatic heterocycles. The van der Waals surface area contributed by atoms with Gasteiger partial charge in [-0.05, 0) is 56.2 Å². The van der Waals surface area contributed by atoms with Crippen LogP contribution in [0.4, 0.5) is 5.69 Å². The first-order valence-corrected chi connectivity index (χ1v) is 7.43. The second-order valence-electron chi connectivity index (χ2n) is 5.83. The van der Waals surface area contributed by atoms with Crippen molar-refractivity contribution in [1.29, 1.82) is 0 Å². The van der Waals surface area contributed by atoms with Gasteiger partial charge < -0.3 is 15.8 Å². The lowest BCUT2D eigenvalue weighted by Crippen LogP contribution is -2.05. The Balaban J connectivity index is 2.22. The van der Waals surface area contributed by atoms with Gasteiger partial charge in [0.25, 0.3) is 0 Å². The molecule has 0 saturated heterocycles. The SMILES string of the molecule is CC(=O)c1cc(C)c(-c2nc3ccc(C(=O)O)cc3[nH]2)c(C)c1N. The van der Waals surface area contributed by atoms with Gasteiger partial charge in [0.05, 0.1) is 16.6 Å². The third-order valence-electron chi connectivity index (χ3n) is 4.17. The van der Waals surface area contributed by atoms with Gasteiger partial charge in [-0.15, -0.1) is 0 Å². The summed E-state index contributed by atoms with van der Waals surface area (Å²) in [5, 5.41) is 9.09. The molecule has 6 nitrogen and oxygen atoms in total. The van der Waals surface area contributed by atoms with Crippen LogP contribution in [0, 0.1) is 13.8 Å². The Morgan fingerprint density at radius 2 is 1.92 bits per heavy atom. The van der Waals surface area contributed by atoms with E-state index in [1.807, 2.05) is 13.8 Å². The number of rotatable bonds is 3. The fraction of sp³-hybridized carbons (Fsp3) is 0.167.